The minimum atomic E-state index is -0.111. The number of nitrogens with one attached hydrogen (secondary N) is 1. The molecule has 0 saturated carbocycles. The van der Waals surface area contributed by atoms with E-state index in [0.29, 0.717) is 6.54 Å². The Labute approximate surface area is 100 Å². The third-order valence-corrected chi connectivity index (χ3v) is 2.48. The molecule has 2 amide bonds. The number of pyridine rings is 1. The lowest BCUT2D eigenvalue weighted by atomic mass is 10.2. The first kappa shape index (κ1) is 11.4. The molecule has 0 aliphatic carbocycles. The number of hydrogen-bond donors (Lipinski definition) is 1. The van der Waals surface area contributed by atoms with Crippen molar-refractivity contribution >= 4 is 16.9 Å². The molecule has 0 fully saturated rings. The predicted octanol–water partition coefficient (Wildman–Crippen LogP) is 2.01. The van der Waals surface area contributed by atoms with Crippen molar-refractivity contribution in [3.63, 3.8) is 0 Å². The van der Waals surface area contributed by atoms with Gasteiger partial charge in [0.15, 0.2) is 0 Å². The third-order valence-electron chi connectivity index (χ3n) is 2.48. The van der Waals surface area contributed by atoms with Crippen molar-refractivity contribution in [3.05, 3.63) is 42.1 Å². The number of nitrogens with zero attached hydrogens (tertiary/aromatic N) is 2. The summed E-state index contributed by atoms with van der Waals surface area (Å²) in [5.41, 5.74) is 1.81. The van der Waals surface area contributed by atoms with E-state index in [2.05, 4.69) is 10.3 Å². The highest BCUT2D eigenvalue weighted by molar-refractivity contribution is 5.78. The summed E-state index contributed by atoms with van der Waals surface area (Å²) in [6, 6.07) is 11.8. The van der Waals surface area contributed by atoms with E-state index in [1.54, 1.807) is 14.1 Å². The van der Waals surface area contributed by atoms with E-state index in [4.69, 9.17) is 0 Å². The number of aromatic nitrogens is 1. The molecule has 4 nitrogen and oxygen atoms in total. The maximum absolute atomic E-state index is 11.4. The number of hydrogen-bond acceptors (Lipinski definition) is 2. The van der Waals surface area contributed by atoms with Crippen LogP contribution in [-0.2, 0) is 6.54 Å². The minimum Gasteiger partial charge on any atom is -0.332 e. The summed E-state index contributed by atoms with van der Waals surface area (Å²) < 4.78 is 0. The lowest BCUT2D eigenvalue weighted by Gasteiger charge is -2.11. The van der Waals surface area contributed by atoms with Crippen molar-refractivity contribution in [2.45, 2.75) is 6.54 Å². The number of benzene rings is 1. The summed E-state index contributed by atoms with van der Waals surface area (Å²) in [6.07, 6.45) is 0. The fourth-order valence-electron chi connectivity index (χ4n) is 1.53. The molecule has 0 bridgehead atoms. The summed E-state index contributed by atoms with van der Waals surface area (Å²) in [5, 5.41) is 3.89. The van der Waals surface area contributed by atoms with Crippen molar-refractivity contribution in [2.75, 3.05) is 14.1 Å². The average molecular weight is 229 g/mol. The highest BCUT2D eigenvalue weighted by Crippen LogP contribution is 2.11. The van der Waals surface area contributed by atoms with Crippen LogP contribution in [0.4, 0.5) is 4.79 Å². The van der Waals surface area contributed by atoms with Crippen LogP contribution in [0.1, 0.15) is 5.69 Å². The summed E-state index contributed by atoms with van der Waals surface area (Å²) in [7, 11) is 3.42. The van der Waals surface area contributed by atoms with Crippen LogP contribution in [-0.4, -0.2) is 30.0 Å². The maximum atomic E-state index is 11.4. The molecule has 88 valence electrons. The second kappa shape index (κ2) is 4.82. The van der Waals surface area contributed by atoms with Crippen LogP contribution in [0.25, 0.3) is 10.9 Å². The van der Waals surface area contributed by atoms with Crippen LogP contribution < -0.4 is 5.32 Å². The topological polar surface area (TPSA) is 45.2 Å². The van der Waals surface area contributed by atoms with E-state index in [1.165, 1.54) is 4.90 Å². The Hall–Kier alpha value is -2.10. The van der Waals surface area contributed by atoms with Gasteiger partial charge in [-0.05, 0) is 12.1 Å². The van der Waals surface area contributed by atoms with Gasteiger partial charge in [0.2, 0.25) is 0 Å². The molecule has 0 radical (unpaired) electrons. The molecule has 1 aromatic carbocycles. The van der Waals surface area contributed by atoms with Crippen molar-refractivity contribution in [1.29, 1.82) is 0 Å². The van der Waals surface area contributed by atoms with Crippen molar-refractivity contribution in [2.24, 2.45) is 0 Å². The first-order chi connectivity index (χ1) is 8.16. The molecule has 0 atom stereocenters. The smallest absolute Gasteiger partial charge is 0.317 e. The molecule has 1 heterocycles. The van der Waals surface area contributed by atoms with Gasteiger partial charge in [-0.25, -0.2) is 4.79 Å². The highest BCUT2D eigenvalue weighted by atomic mass is 16.2. The lowest BCUT2D eigenvalue weighted by Crippen LogP contribution is -2.34. The summed E-state index contributed by atoms with van der Waals surface area (Å²) in [4.78, 5) is 17.3. The molecule has 0 unspecified atom stereocenters. The molecule has 17 heavy (non-hydrogen) atoms. The van der Waals surface area contributed by atoms with Crippen molar-refractivity contribution in [3.8, 4) is 0 Å². The largest absolute Gasteiger partial charge is 0.332 e. The molecule has 4 heteroatoms. The number of amides is 2. The fourth-order valence-corrected chi connectivity index (χ4v) is 1.53. The molecule has 0 aliphatic heterocycles. The van der Waals surface area contributed by atoms with Crippen LogP contribution in [0.2, 0.25) is 0 Å². The van der Waals surface area contributed by atoms with Gasteiger partial charge in [0.1, 0.15) is 0 Å². The van der Waals surface area contributed by atoms with Gasteiger partial charge >= 0.3 is 6.03 Å². The van der Waals surface area contributed by atoms with Gasteiger partial charge in [0.05, 0.1) is 17.8 Å². The maximum Gasteiger partial charge on any atom is 0.317 e. The monoisotopic (exact) mass is 229 g/mol. The van der Waals surface area contributed by atoms with Gasteiger partial charge in [-0.3, -0.25) is 4.98 Å². The molecule has 1 N–H and O–H groups in total. The van der Waals surface area contributed by atoms with Gasteiger partial charge in [-0.15, -0.1) is 0 Å². The van der Waals surface area contributed by atoms with Crippen LogP contribution in [0.3, 0.4) is 0 Å². The first-order valence-corrected chi connectivity index (χ1v) is 5.46. The van der Waals surface area contributed by atoms with E-state index >= 15 is 0 Å². The molecule has 1 aromatic heterocycles. The molecule has 0 saturated heterocycles. The van der Waals surface area contributed by atoms with Crippen molar-refractivity contribution in [1.82, 2.24) is 15.2 Å². The van der Waals surface area contributed by atoms with Gasteiger partial charge < -0.3 is 10.2 Å². The summed E-state index contributed by atoms with van der Waals surface area (Å²) in [6.45, 7) is 0.446. The zero-order valence-electron chi connectivity index (χ0n) is 9.97. The molecule has 0 spiro atoms. The predicted molar refractivity (Wildman–Crippen MR) is 67.7 cm³/mol. The lowest BCUT2D eigenvalue weighted by molar-refractivity contribution is 0.217. The van der Waals surface area contributed by atoms with E-state index in [9.17, 15) is 4.79 Å². The molecule has 2 aromatic rings. The summed E-state index contributed by atoms with van der Waals surface area (Å²) >= 11 is 0. The number of carbonyl (C=O) groups is 1. The third kappa shape index (κ3) is 2.72. The SMILES string of the molecule is CN(C)C(=O)NCc1ccc2ccccc2n1. The fraction of sp³-hybridized carbons (Fsp3) is 0.231. The Morgan fingerprint density at radius 3 is 2.76 bits per heavy atom. The summed E-state index contributed by atoms with van der Waals surface area (Å²) in [5.74, 6) is 0. The van der Waals surface area contributed by atoms with Gasteiger partial charge in [-0.2, -0.15) is 0 Å². The first-order valence-electron chi connectivity index (χ1n) is 5.46. The van der Waals surface area contributed by atoms with Crippen molar-refractivity contribution < 1.29 is 4.79 Å². The van der Waals surface area contributed by atoms with Crippen LogP contribution in [0.15, 0.2) is 36.4 Å². The Balaban J connectivity index is 2.12. The number of fused-ring (bicyclic) bond motifs is 1. The minimum absolute atomic E-state index is 0.111. The van der Waals surface area contributed by atoms with E-state index in [0.717, 1.165) is 16.6 Å². The Morgan fingerprint density at radius 1 is 1.24 bits per heavy atom. The molecule has 0 aliphatic rings. The average Bonchev–Trinajstić information content (AvgIpc) is 2.35. The highest BCUT2D eigenvalue weighted by Gasteiger charge is 2.03. The van der Waals surface area contributed by atoms with Crippen LogP contribution in [0, 0.1) is 0 Å². The zero-order valence-corrected chi connectivity index (χ0v) is 9.97. The number of carbonyl (C=O) groups excluding carboxylic acids is 1. The van der Waals surface area contributed by atoms with E-state index in [-0.39, 0.29) is 6.03 Å². The second-order valence-electron chi connectivity index (χ2n) is 4.05. The molecular formula is C13H15N3O. The Kier molecular flexibility index (Phi) is 3.23. The zero-order chi connectivity index (χ0) is 12.3. The standard InChI is InChI=1S/C13H15N3O/c1-16(2)13(17)14-9-11-8-7-10-5-3-4-6-12(10)15-11/h3-8H,9H2,1-2H3,(H,14,17). The number of rotatable bonds is 2. The van der Waals surface area contributed by atoms with E-state index in [1.807, 2.05) is 36.4 Å². The molecule has 2 rings (SSSR count). The van der Waals surface area contributed by atoms with Gasteiger partial charge in [-0.1, -0.05) is 24.3 Å². The number of para-hydroxylation sites is 1. The second-order valence-corrected chi connectivity index (χ2v) is 4.05. The Bertz CT molecular complexity index is 537. The van der Waals surface area contributed by atoms with Crippen LogP contribution in [0.5, 0.6) is 0 Å². The van der Waals surface area contributed by atoms with Gasteiger partial charge in [0, 0.05) is 19.5 Å². The Morgan fingerprint density at radius 2 is 2.00 bits per heavy atom. The normalized spacial score (nSPS) is 10.2. The number of urea groups is 1. The van der Waals surface area contributed by atoms with Gasteiger partial charge in [0.25, 0.3) is 0 Å². The van der Waals surface area contributed by atoms with E-state index < -0.39 is 0 Å². The van der Waals surface area contributed by atoms with Crippen LogP contribution >= 0.6 is 0 Å². The quantitative estimate of drug-likeness (QED) is 0.856. The molecular weight excluding hydrogens is 214 g/mol.